The highest BCUT2D eigenvalue weighted by molar-refractivity contribution is 5.86. The number of amides is 1. The first-order valence-corrected chi connectivity index (χ1v) is 4.17. The average molecular weight is 193 g/mol. The van der Waals surface area contributed by atoms with Crippen molar-refractivity contribution < 1.29 is 9.90 Å². The molecule has 14 heavy (non-hydrogen) atoms. The van der Waals surface area contributed by atoms with E-state index in [1.54, 1.807) is 31.2 Å². The molecule has 2 N–H and O–H groups in total. The molecule has 0 aliphatic heterocycles. The van der Waals surface area contributed by atoms with Crippen LogP contribution in [0.2, 0.25) is 0 Å². The number of nitrogens with zero attached hydrogens (tertiary/aromatic N) is 2. The fourth-order valence-electron chi connectivity index (χ4n) is 1.14. The predicted molar refractivity (Wildman–Crippen MR) is 52.3 cm³/mol. The molecule has 0 heterocycles. The Kier molecular flexibility index (Phi) is 3.17. The summed E-state index contributed by atoms with van der Waals surface area (Å²) in [5.41, 5.74) is 7.85. The van der Waals surface area contributed by atoms with Gasteiger partial charge in [0, 0.05) is 12.2 Å². The number of rotatable bonds is 3. The summed E-state index contributed by atoms with van der Waals surface area (Å²) in [6.45, 7) is 2.16. The highest BCUT2D eigenvalue weighted by Crippen LogP contribution is 2.19. The summed E-state index contributed by atoms with van der Waals surface area (Å²) < 4.78 is 0. The Hall–Kier alpha value is -1.91. The monoisotopic (exact) mass is 193 g/mol. The molecule has 5 heteroatoms. The van der Waals surface area contributed by atoms with Crippen LogP contribution in [0, 0.1) is 5.53 Å². The lowest BCUT2D eigenvalue weighted by molar-refractivity contribution is 0.202. The Morgan fingerprint density at radius 1 is 1.50 bits per heavy atom. The van der Waals surface area contributed by atoms with Gasteiger partial charge in [-0.25, -0.2) is 10.3 Å². The lowest BCUT2D eigenvalue weighted by atomic mass is 10.2. The molecule has 0 saturated heterocycles. The van der Waals surface area contributed by atoms with Gasteiger partial charge in [-0.2, -0.15) is 5.11 Å². The van der Waals surface area contributed by atoms with Gasteiger partial charge < -0.3 is 5.11 Å². The van der Waals surface area contributed by atoms with E-state index in [9.17, 15) is 4.79 Å². The zero-order chi connectivity index (χ0) is 10.6. The maximum atomic E-state index is 10.8. The van der Waals surface area contributed by atoms with Gasteiger partial charge in [0.05, 0.1) is 5.69 Å². The number of carboxylic acid groups (broad SMARTS) is 1. The van der Waals surface area contributed by atoms with Gasteiger partial charge in [0.15, 0.2) is 0 Å². The van der Waals surface area contributed by atoms with E-state index in [-0.39, 0.29) is 0 Å². The second-order valence-corrected chi connectivity index (χ2v) is 2.66. The van der Waals surface area contributed by atoms with Gasteiger partial charge in [0.1, 0.15) is 0 Å². The molecule has 0 unspecified atom stereocenters. The molecule has 0 saturated carbocycles. The van der Waals surface area contributed by atoms with Crippen LogP contribution in [0.25, 0.3) is 0 Å². The molecule has 1 rings (SSSR count). The van der Waals surface area contributed by atoms with E-state index in [4.69, 9.17) is 10.6 Å². The fourth-order valence-corrected chi connectivity index (χ4v) is 1.14. The molecule has 1 amide bonds. The van der Waals surface area contributed by atoms with E-state index in [0.29, 0.717) is 17.9 Å². The topological polar surface area (TPSA) is 76.8 Å². The summed E-state index contributed by atoms with van der Waals surface area (Å²) in [5.74, 6) is 0. The zero-order valence-electron chi connectivity index (χ0n) is 7.77. The van der Waals surface area contributed by atoms with Crippen LogP contribution in [0.15, 0.2) is 29.4 Å². The van der Waals surface area contributed by atoms with E-state index < -0.39 is 6.09 Å². The van der Waals surface area contributed by atoms with Crippen LogP contribution in [0.1, 0.15) is 6.92 Å². The van der Waals surface area contributed by atoms with Gasteiger partial charge in [-0.1, -0.05) is 0 Å². The molecular formula is C9H11N3O2. The van der Waals surface area contributed by atoms with Gasteiger partial charge in [0.25, 0.3) is 0 Å². The number of anilines is 1. The quantitative estimate of drug-likeness (QED) is 0.724. The average Bonchev–Trinajstić information content (AvgIpc) is 2.19. The van der Waals surface area contributed by atoms with Crippen molar-refractivity contribution in [3.63, 3.8) is 0 Å². The van der Waals surface area contributed by atoms with Gasteiger partial charge in [0.2, 0.25) is 0 Å². The summed E-state index contributed by atoms with van der Waals surface area (Å²) in [4.78, 5) is 12.0. The first-order chi connectivity index (χ1) is 6.69. The Morgan fingerprint density at radius 2 is 2.07 bits per heavy atom. The minimum absolute atomic E-state index is 0.396. The largest absolute Gasteiger partial charge is 0.465 e. The zero-order valence-corrected chi connectivity index (χ0v) is 7.77. The SMILES string of the molecule is CCN(C(=O)O)c1ccc(N=N)cc1. The van der Waals surface area contributed by atoms with E-state index >= 15 is 0 Å². The van der Waals surface area contributed by atoms with Crippen molar-refractivity contribution in [2.45, 2.75) is 6.92 Å². The van der Waals surface area contributed by atoms with Crippen molar-refractivity contribution in [1.82, 2.24) is 0 Å². The van der Waals surface area contributed by atoms with E-state index in [1.807, 2.05) is 0 Å². The summed E-state index contributed by atoms with van der Waals surface area (Å²) >= 11 is 0. The smallest absolute Gasteiger partial charge is 0.411 e. The summed E-state index contributed by atoms with van der Waals surface area (Å²) in [7, 11) is 0. The molecule has 74 valence electrons. The van der Waals surface area contributed by atoms with Crippen LogP contribution < -0.4 is 4.90 Å². The fraction of sp³-hybridized carbons (Fsp3) is 0.222. The second-order valence-electron chi connectivity index (χ2n) is 2.66. The standard InChI is InChI=1S/C9H11N3O2/c1-2-12(9(13)14)8-5-3-7(11-10)4-6-8/h3-6,10H,2H2,1H3,(H,13,14). The van der Waals surface area contributed by atoms with Crippen molar-refractivity contribution >= 4 is 17.5 Å². The van der Waals surface area contributed by atoms with Gasteiger partial charge >= 0.3 is 6.09 Å². The molecule has 0 radical (unpaired) electrons. The molecule has 0 bridgehead atoms. The minimum atomic E-state index is -0.983. The van der Waals surface area contributed by atoms with E-state index in [1.165, 1.54) is 4.90 Å². The summed E-state index contributed by atoms with van der Waals surface area (Å²) in [5, 5.41) is 12.0. The molecule has 1 aromatic rings. The molecule has 5 nitrogen and oxygen atoms in total. The summed E-state index contributed by atoms with van der Waals surface area (Å²) in [6.07, 6.45) is -0.983. The Bertz CT molecular complexity index is 334. The molecule has 0 aliphatic carbocycles. The maximum Gasteiger partial charge on any atom is 0.411 e. The van der Waals surface area contributed by atoms with Crippen molar-refractivity contribution in [3.05, 3.63) is 24.3 Å². The molecule has 0 fully saturated rings. The highest BCUT2D eigenvalue weighted by Gasteiger charge is 2.10. The third kappa shape index (κ3) is 2.07. The van der Waals surface area contributed by atoms with Gasteiger partial charge in [-0.15, -0.1) is 0 Å². The van der Waals surface area contributed by atoms with Crippen molar-refractivity contribution in [2.24, 2.45) is 5.11 Å². The Balaban J connectivity index is 2.94. The molecule has 0 aliphatic rings. The van der Waals surface area contributed by atoms with E-state index in [0.717, 1.165) is 0 Å². The van der Waals surface area contributed by atoms with Crippen LogP contribution in [0.5, 0.6) is 0 Å². The highest BCUT2D eigenvalue weighted by atomic mass is 16.4. The molecular weight excluding hydrogens is 182 g/mol. The minimum Gasteiger partial charge on any atom is -0.465 e. The molecule has 0 aromatic heterocycles. The molecule has 1 aromatic carbocycles. The lowest BCUT2D eigenvalue weighted by Crippen LogP contribution is -2.28. The third-order valence-corrected chi connectivity index (χ3v) is 1.84. The van der Waals surface area contributed by atoms with Crippen molar-refractivity contribution in [2.75, 3.05) is 11.4 Å². The predicted octanol–water partition coefficient (Wildman–Crippen LogP) is 2.85. The molecule has 0 spiro atoms. The van der Waals surface area contributed by atoms with Gasteiger partial charge in [-0.3, -0.25) is 4.90 Å². The Morgan fingerprint density at radius 3 is 2.43 bits per heavy atom. The first kappa shape index (κ1) is 10.2. The van der Waals surface area contributed by atoms with Crippen LogP contribution in [0.4, 0.5) is 16.2 Å². The van der Waals surface area contributed by atoms with Gasteiger partial charge in [-0.05, 0) is 31.2 Å². The first-order valence-electron chi connectivity index (χ1n) is 4.17. The number of benzene rings is 1. The van der Waals surface area contributed by atoms with Crippen molar-refractivity contribution in [3.8, 4) is 0 Å². The van der Waals surface area contributed by atoms with Crippen LogP contribution in [0.3, 0.4) is 0 Å². The normalized spacial score (nSPS) is 9.50. The third-order valence-electron chi connectivity index (χ3n) is 1.84. The Labute approximate surface area is 81.5 Å². The van der Waals surface area contributed by atoms with E-state index in [2.05, 4.69) is 5.11 Å². The lowest BCUT2D eigenvalue weighted by Gasteiger charge is -2.16. The number of nitrogens with one attached hydrogen (secondary N) is 1. The molecule has 0 atom stereocenters. The van der Waals surface area contributed by atoms with Crippen LogP contribution in [-0.2, 0) is 0 Å². The summed E-state index contributed by atoms with van der Waals surface area (Å²) in [6, 6.07) is 6.47. The second kappa shape index (κ2) is 4.36. The number of carbonyl (C=O) groups is 1. The van der Waals surface area contributed by atoms with Crippen LogP contribution in [-0.4, -0.2) is 17.7 Å². The number of hydrogen-bond acceptors (Lipinski definition) is 3. The number of hydrogen-bond donors (Lipinski definition) is 2. The van der Waals surface area contributed by atoms with Crippen LogP contribution >= 0.6 is 0 Å². The maximum absolute atomic E-state index is 10.8. The van der Waals surface area contributed by atoms with Crippen molar-refractivity contribution in [1.29, 1.82) is 5.53 Å².